The molecule has 1 fully saturated rings. The highest BCUT2D eigenvalue weighted by atomic mass is 35.5. The molecule has 1 saturated heterocycles. The van der Waals surface area contributed by atoms with Gasteiger partial charge >= 0.3 is 5.63 Å². The summed E-state index contributed by atoms with van der Waals surface area (Å²) < 4.78 is 5.76. The Balaban J connectivity index is 1.83. The first-order chi connectivity index (χ1) is 13.4. The summed E-state index contributed by atoms with van der Waals surface area (Å²) in [6.07, 6.45) is 2.38. The Kier molecular flexibility index (Phi) is 5.17. The first-order valence-corrected chi connectivity index (χ1v) is 10.1. The number of benzene rings is 2. The Labute approximate surface area is 169 Å². The van der Waals surface area contributed by atoms with E-state index in [1.807, 2.05) is 25.1 Å². The number of halogens is 1. The lowest BCUT2D eigenvalue weighted by atomic mass is 9.96. The van der Waals surface area contributed by atoms with Gasteiger partial charge in [0.15, 0.2) is 0 Å². The van der Waals surface area contributed by atoms with Crippen molar-refractivity contribution in [3.05, 3.63) is 63.0 Å². The van der Waals surface area contributed by atoms with Crippen molar-refractivity contribution in [3.8, 4) is 16.9 Å². The molecule has 2 heterocycles. The van der Waals surface area contributed by atoms with E-state index in [0.717, 1.165) is 36.0 Å². The minimum absolute atomic E-state index is 0.174. The maximum atomic E-state index is 12.9. The molecular formula is C23H24ClNO3. The molecule has 0 spiro atoms. The molecule has 3 aromatic rings. The molecule has 5 heteroatoms. The van der Waals surface area contributed by atoms with Gasteiger partial charge in [-0.15, -0.1) is 0 Å². The molecule has 1 N–H and O–H groups in total. The molecule has 1 aliphatic rings. The second-order valence-corrected chi connectivity index (χ2v) is 8.26. The number of rotatable bonds is 3. The van der Waals surface area contributed by atoms with Crippen LogP contribution in [0.15, 0.2) is 45.6 Å². The standard InChI is InChI=1S/C23H24ClNO3/c1-14-4-3-11-25(12-14)13-19-20(26)10-9-18-15(2)21(23(27)28-22(18)19)16-5-7-17(24)8-6-16/h5-10,14,26H,3-4,11-13H2,1-2H3. The number of phenols is 1. The van der Waals surface area contributed by atoms with E-state index in [0.29, 0.717) is 34.2 Å². The first-order valence-electron chi connectivity index (χ1n) is 9.70. The maximum Gasteiger partial charge on any atom is 0.344 e. The molecule has 146 valence electrons. The minimum atomic E-state index is -0.397. The van der Waals surface area contributed by atoms with Crippen LogP contribution in [0.2, 0.25) is 5.02 Å². The van der Waals surface area contributed by atoms with Crippen LogP contribution in [0.25, 0.3) is 22.1 Å². The zero-order chi connectivity index (χ0) is 19.8. The summed E-state index contributed by atoms with van der Waals surface area (Å²) in [5, 5.41) is 12.0. The fraction of sp³-hybridized carbons (Fsp3) is 0.348. The van der Waals surface area contributed by atoms with E-state index in [1.54, 1.807) is 18.2 Å². The Morgan fingerprint density at radius 2 is 1.96 bits per heavy atom. The lowest BCUT2D eigenvalue weighted by Gasteiger charge is -2.31. The van der Waals surface area contributed by atoms with Gasteiger partial charge in [0.05, 0.1) is 11.1 Å². The van der Waals surface area contributed by atoms with Gasteiger partial charge in [0, 0.05) is 23.5 Å². The number of hydrogen-bond donors (Lipinski definition) is 1. The van der Waals surface area contributed by atoms with Crippen molar-refractivity contribution >= 4 is 22.6 Å². The van der Waals surface area contributed by atoms with Crippen molar-refractivity contribution in [1.82, 2.24) is 4.90 Å². The smallest absolute Gasteiger partial charge is 0.344 e. The van der Waals surface area contributed by atoms with E-state index in [1.165, 1.54) is 6.42 Å². The third kappa shape index (κ3) is 3.54. The van der Waals surface area contributed by atoms with Gasteiger partial charge in [-0.1, -0.05) is 30.7 Å². The highest BCUT2D eigenvalue weighted by molar-refractivity contribution is 6.30. The van der Waals surface area contributed by atoms with Crippen molar-refractivity contribution in [3.63, 3.8) is 0 Å². The zero-order valence-corrected chi connectivity index (χ0v) is 16.9. The van der Waals surface area contributed by atoms with Gasteiger partial charge in [0.25, 0.3) is 0 Å². The van der Waals surface area contributed by atoms with Crippen molar-refractivity contribution in [1.29, 1.82) is 0 Å². The minimum Gasteiger partial charge on any atom is -0.507 e. The largest absolute Gasteiger partial charge is 0.507 e. The molecule has 0 radical (unpaired) electrons. The molecule has 2 aromatic carbocycles. The van der Waals surface area contributed by atoms with Gasteiger partial charge in [-0.2, -0.15) is 0 Å². The summed E-state index contributed by atoms with van der Waals surface area (Å²) in [6.45, 7) is 6.73. The topological polar surface area (TPSA) is 53.7 Å². The predicted octanol–water partition coefficient (Wildman–Crippen LogP) is 5.36. The number of phenolic OH excluding ortho intramolecular Hbond substituents is 1. The summed E-state index contributed by atoms with van der Waals surface area (Å²) in [4.78, 5) is 15.2. The van der Waals surface area contributed by atoms with Gasteiger partial charge in [0.2, 0.25) is 0 Å². The SMILES string of the molecule is Cc1c(-c2ccc(Cl)cc2)c(=O)oc2c(CN3CCCC(C)C3)c(O)ccc12. The number of likely N-dealkylation sites (tertiary alicyclic amines) is 1. The van der Waals surface area contributed by atoms with E-state index in [-0.39, 0.29) is 5.75 Å². The fourth-order valence-corrected chi connectivity index (χ4v) is 4.34. The lowest BCUT2D eigenvalue weighted by Crippen LogP contribution is -2.33. The van der Waals surface area contributed by atoms with Crippen LogP contribution < -0.4 is 5.63 Å². The van der Waals surface area contributed by atoms with Crippen LogP contribution in [0.3, 0.4) is 0 Å². The average Bonchev–Trinajstić information content (AvgIpc) is 2.66. The number of nitrogens with zero attached hydrogens (tertiary/aromatic N) is 1. The highest BCUT2D eigenvalue weighted by Crippen LogP contribution is 2.34. The number of aromatic hydroxyl groups is 1. The van der Waals surface area contributed by atoms with Crippen LogP contribution in [-0.4, -0.2) is 23.1 Å². The number of hydrogen-bond acceptors (Lipinski definition) is 4. The van der Waals surface area contributed by atoms with E-state index < -0.39 is 5.63 Å². The molecule has 0 bridgehead atoms. The molecule has 1 unspecified atom stereocenters. The predicted molar refractivity (Wildman–Crippen MR) is 113 cm³/mol. The number of fused-ring (bicyclic) bond motifs is 1. The molecule has 0 aliphatic carbocycles. The number of piperidine rings is 1. The van der Waals surface area contributed by atoms with Crippen molar-refractivity contribution in [2.24, 2.45) is 5.92 Å². The van der Waals surface area contributed by atoms with E-state index in [9.17, 15) is 9.90 Å². The van der Waals surface area contributed by atoms with Crippen LogP contribution in [0.1, 0.15) is 30.9 Å². The quantitative estimate of drug-likeness (QED) is 0.604. The third-order valence-electron chi connectivity index (χ3n) is 5.67. The fourth-order valence-electron chi connectivity index (χ4n) is 4.22. The van der Waals surface area contributed by atoms with Crippen LogP contribution in [0.5, 0.6) is 5.75 Å². The Bertz CT molecular complexity index is 1070. The van der Waals surface area contributed by atoms with Crippen molar-refractivity contribution in [2.45, 2.75) is 33.2 Å². The average molecular weight is 398 g/mol. The van der Waals surface area contributed by atoms with Gasteiger partial charge in [-0.3, -0.25) is 4.90 Å². The number of aryl methyl sites for hydroxylation is 1. The van der Waals surface area contributed by atoms with Crippen LogP contribution >= 0.6 is 11.6 Å². The second-order valence-electron chi connectivity index (χ2n) is 7.82. The maximum absolute atomic E-state index is 12.9. The Morgan fingerprint density at radius 1 is 1.21 bits per heavy atom. The Hall–Kier alpha value is -2.30. The van der Waals surface area contributed by atoms with Crippen LogP contribution in [0, 0.1) is 12.8 Å². The molecule has 1 aliphatic heterocycles. The van der Waals surface area contributed by atoms with E-state index >= 15 is 0 Å². The highest BCUT2D eigenvalue weighted by Gasteiger charge is 2.22. The summed E-state index contributed by atoms with van der Waals surface area (Å²) in [5.41, 5.74) is 2.94. The van der Waals surface area contributed by atoms with E-state index in [4.69, 9.17) is 16.0 Å². The zero-order valence-electron chi connectivity index (χ0n) is 16.2. The van der Waals surface area contributed by atoms with Gasteiger partial charge in [-0.25, -0.2) is 4.79 Å². The van der Waals surface area contributed by atoms with Gasteiger partial charge in [0.1, 0.15) is 11.3 Å². The van der Waals surface area contributed by atoms with Gasteiger partial charge < -0.3 is 9.52 Å². The summed E-state index contributed by atoms with van der Waals surface area (Å²) in [7, 11) is 0. The summed E-state index contributed by atoms with van der Waals surface area (Å²) in [5.74, 6) is 0.809. The summed E-state index contributed by atoms with van der Waals surface area (Å²) in [6, 6.07) is 10.7. The van der Waals surface area contributed by atoms with Crippen molar-refractivity contribution in [2.75, 3.05) is 13.1 Å². The van der Waals surface area contributed by atoms with Crippen LogP contribution in [-0.2, 0) is 6.54 Å². The lowest BCUT2D eigenvalue weighted by molar-refractivity contribution is 0.175. The normalized spacial score (nSPS) is 17.9. The molecule has 4 rings (SSSR count). The van der Waals surface area contributed by atoms with Gasteiger partial charge in [-0.05, 0) is 67.6 Å². The molecular weight excluding hydrogens is 374 g/mol. The third-order valence-corrected chi connectivity index (χ3v) is 5.92. The van der Waals surface area contributed by atoms with Crippen molar-refractivity contribution < 1.29 is 9.52 Å². The molecule has 1 atom stereocenters. The molecule has 0 amide bonds. The Morgan fingerprint density at radius 3 is 2.68 bits per heavy atom. The molecule has 1 aromatic heterocycles. The monoisotopic (exact) mass is 397 g/mol. The molecule has 0 saturated carbocycles. The summed E-state index contributed by atoms with van der Waals surface area (Å²) >= 11 is 5.98. The first kappa shape index (κ1) is 19.0. The molecule has 28 heavy (non-hydrogen) atoms. The van der Waals surface area contributed by atoms with E-state index in [2.05, 4.69) is 11.8 Å². The van der Waals surface area contributed by atoms with Crippen LogP contribution in [0.4, 0.5) is 0 Å². The molecule has 4 nitrogen and oxygen atoms in total. The second kappa shape index (κ2) is 7.61.